The van der Waals surface area contributed by atoms with Gasteiger partial charge in [0.25, 0.3) is 5.95 Å². The molecule has 0 aliphatic heterocycles. The maximum atomic E-state index is 5.76. The van der Waals surface area contributed by atoms with Crippen molar-refractivity contribution < 1.29 is 4.74 Å². The smallest absolute Gasteiger partial charge is 0.322 e. The molecule has 0 saturated heterocycles. The lowest BCUT2D eigenvalue weighted by atomic mass is 10.7. The van der Waals surface area contributed by atoms with E-state index in [9.17, 15) is 0 Å². The van der Waals surface area contributed by atoms with Gasteiger partial charge in [0.05, 0.1) is 16.4 Å². The highest BCUT2D eigenvalue weighted by Crippen LogP contribution is 2.12. The first kappa shape index (κ1) is 11.5. The average Bonchev–Trinajstić information content (AvgIpc) is 2.64. The molecule has 0 fully saturated rings. The molecule has 0 aliphatic carbocycles. The molecule has 0 spiro atoms. The van der Waals surface area contributed by atoms with Crippen LogP contribution in [0.2, 0.25) is 5.28 Å². The predicted molar refractivity (Wildman–Crippen MR) is 65.8 cm³/mol. The topological polar surface area (TPSA) is 65.7 Å². The van der Waals surface area contributed by atoms with E-state index in [-0.39, 0.29) is 11.3 Å². The minimum Gasteiger partial charge on any atom is -0.464 e. The molecule has 2 aromatic rings. The molecule has 0 unspecified atom stereocenters. The standard InChI is InChI=1S/C8H7ClIN5O/c1-2-16-8-13-6(9)12-7(14-8)15-4-5(10)3-11-15/h3-4H,2H2,1H3. The van der Waals surface area contributed by atoms with Gasteiger partial charge in [0.1, 0.15) is 0 Å². The highest BCUT2D eigenvalue weighted by atomic mass is 127. The zero-order valence-corrected chi connectivity index (χ0v) is 11.2. The van der Waals surface area contributed by atoms with Crippen molar-refractivity contribution in [1.82, 2.24) is 24.7 Å². The summed E-state index contributed by atoms with van der Waals surface area (Å²) in [5, 5.41) is 4.15. The Balaban J connectivity index is 2.40. The first-order chi connectivity index (χ1) is 7.69. The molecule has 0 amide bonds. The van der Waals surface area contributed by atoms with Crippen LogP contribution >= 0.6 is 34.2 Å². The molecule has 0 atom stereocenters. The van der Waals surface area contributed by atoms with Crippen LogP contribution in [-0.2, 0) is 0 Å². The SMILES string of the molecule is CCOc1nc(Cl)nc(-n2cc(I)cn2)n1. The second kappa shape index (κ2) is 4.91. The fourth-order valence-electron chi connectivity index (χ4n) is 1.03. The minimum atomic E-state index is 0.0824. The van der Waals surface area contributed by atoms with Crippen LogP contribution in [0, 0.1) is 3.57 Å². The van der Waals surface area contributed by atoms with Gasteiger partial charge in [-0.25, -0.2) is 4.68 Å². The van der Waals surface area contributed by atoms with Gasteiger partial charge in [-0.15, -0.1) is 0 Å². The van der Waals surface area contributed by atoms with Gasteiger partial charge in [-0.3, -0.25) is 0 Å². The molecule has 84 valence electrons. The Morgan fingerprint density at radius 1 is 1.44 bits per heavy atom. The molecule has 0 N–H and O–H groups in total. The molecule has 0 saturated carbocycles. The van der Waals surface area contributed by atoms with Crippen LogP contribution in [0.3, 0.4) is 0 Å². The molecule has 2 rings (SSSR count). The molecule has 0 bridgehead atoms. The third kappa shape index (κ3) is 2.59. The highest BCUT2D eigenvalue weighted by Gasteiger charge is 2.08. The Kier molecular flexibility index (Phi) is 3.54. The summed E-state index contributed by atoms with van der Waals surface area (Å²) >= 11 is 7.90. The molecule has 0 radical (unpaired) electrons. The third-order valence-corrected chi connectivity index (χ3v) is 2.33. The summed E-state index contributed by atoms with van der Waals surface area (Å²) in [4.78, 5) is 11.9. The fourth-order valence-corrected chi connectivity index (χ4v) is 1.56. The number of ether oxygens (including phenoxy) is 1. The van der Waals surface area contributed by atoms with E-state index in [1.807, 2.05) is 6.92 Å². The van der Waals surface area contributed by atoms with Gasteiger partial charge in [0.15, 0.2) is 0 Å². The lowest BCUT2D eigenvalue weighted by molar-refractivity contribution is 0.310. The fraction of sp³-hybridized carbons (Fsp3) is 0.250. The van der Waals surface area contributed by atoms with Gasteiger partial charge in [-0.1, -0.05) is 0 Å². The van der Waals surface area contributed by atoms with E-state index in [0.717, 1.165) is 3.57 Å². The molecular formula is C8H7ClIN5O. The Bertz CT molecular complexity index is 503. The van der Waals surface area contributed by atoms with Gasteiger partial charge in [-0.2, -0.15) is 20.1 Å². The van der Waals surface area contributed by atoms with Crippen LogP contribution in [0.5, 0.6) is 6.01 Å². The van der Waals surface area contributed by atoms with Crippen molar-refractivity contribution in [3.63, 3.8) is 0 Å². The molecule has 2 heterocycles. The quantitative estimate of drug-likeness (QED) is 0.788. The summed E-state index contributed by atoms with van der Waals surface area (Å²) in [6.45, 7) is 2.31. The van der Waals surface area contributed by atoms with Crippen LogP contribution in [-0.4, -0.2) is 31.3 Å². The van der Waals surface area contributed by atoms with Crippen LogP contribution in [0.15, 0.2) is 12.4 Å². The van der Waals surface area contributed by atoms with Crippen molar-refractivity contribution in [2.45, 2.75) is 6.92 Å². The highest BCUT2D eigenvalue weighted by molar-refractivity contribution is 14.1. The van der Waals surface area contributed by atoms with Gasteiger partial charge >= 0.3 is 6.01 Å². The minimum absolute atomic E-state index is 0.0824. The Labute approximate surface area is 110 Å². The van der Waals surface area contributed by atoms with E-state index >= 15 is 0 Å². The maximum absolute atomic E-state index is 5.76. The first-order valence-corrected chi connectivity index (χ1v) is 5.89. The van der Waals surface area contributed by atoms with Crippen LogP contribution < -0.4 is 4.74 Å². The Morgan fingerprint density at radius 2 is 2.25 bits per heavy atom. The number of rotatable bonds is 3. The van der Waals surface area contributed by atoms with Crippen LogP contribution in [0.4, 0.5) is 0 Å². The second-order valence-corrected chi connectivity index (χ2v) is 4.31. The maximum Gasteiger partial charge on any atom is 0.322 e. The van der Waals surface area contributed by atoms with Gasteiger partial charge in [-0.05, 0) is 41.1 Å². The van der Waals surface area contributed by atoms with E-state index < -0.39 is 0 Å². The largest absolute Gasteiger partial charge is 0.464 e. The average molecular weight is 352 g/mol. The van der Waals surface area contributed by atoms with E-state index in [1.165, 1.54) is 4.68 Å². The van der Waals surface area contributed by atoms with Crippen LogP contribution in [0.25, 0.3) is 5.95 Å². The normalized spacial score (nSPS) is 10.4. The first-order valence-electron chi connectivity index (χ1n) is 4.44. The van der Waals surface area contributed by atoms with Gasteiger partial charge in [0.2, 0.25) is 5.28 Å². The van der Waals surface area contributed by atoms with Crippen molar-refractivity contribution >= 4 is 34.2 Å². The number of hydrogen-bond acceptors (Lipinski definition) is 5. The van der Waals surface area contributed by atoms with Crippen molar-refractivity contribution in [2.24, 2.45) is 0 Å². The van der Waals surface area contributed by atoms with Crippen molar-refractivity contribution in [2.75, 3.05) is 6.61 Å². The third-order valence-electron chi connectivity index (χ3n) is 1.61. The summed E-state index contributed by atoms with van der Waals surface area (Å²) in [6.07, 6.45) is 3.47. The molecule has 16 heavy (non-hydrogen) atoms. The van der Waals surface area contributed by atoms with E-state index in [2.05, 4.69) is 42.6 Å². The molecule has 6 nitrogen and oxygen atoms in total. The zero-order chi connectivity index (χ0) is 11.5. The summed E-state index contributed by atoms with van der Waals surface area (Å²) in [5.74, 6) is 0.339. The summed E-state index contributed by atoms with van der Waals surface area (Å²) in [6, 6.07) is 0.197. The van der Waals surface area contributed by atoms with E-state index in [1.54, 1.807) is 12.4 Å². The number of nitrogens with zero attached hydrogens (tertiary/aromatic N) is 5. The zero-order valence-electron chi connectivity index (χ0n) is 8.26. The monoisotopic (exact) mass is 351 g/mol. The van der Waals surface area contributed by atoms with Crippen molar-refractivity contribution in [1.29, 1.82) is 0 Å². The summed E-state index contributed by atoms with van der Waals surface area (Å²) in [5.41, 5.74) is 0. The predicted octanol–water partition coefficient (Wildman–Crippen LogP) is 1.71. The summed E-state index contributed by atoms with van der Waals surface area (Å²) < 4.78 is 7.66. The lowest BCUT2D eigenvalue weighted by Crippen LogP contribution is -2.06. The Hall–Kier alpha value is -0.960. The van der Waals surface area contributed by atoms with Crippen LogP contribution in [0.1, 0.15) is 6.92 Å². The van der Waals surface area contributed by atoms with E-state index in [4.69, 9.17) is 16.3 Å². The molecule has 0 aromatic carbocycles. The number of halogens is 2. The number of hydrogen-bond donors (Lipinski definition) is 0. The number of aromatic nitrogens is 5. The van der Waals surface area contributed by atoms with Gasteiger partial charge < -0.3 is 4.74 Å². The molecule has 2 aromatic heterocycles. The molecular weight excluding hydrogens is 344 g/mol. The van der Waals surface area contributed by atoms with Crippen molar-refractivity contribution in [3.8, 4) is 12.0 Å². The second-order valence-electron chi connectivity index (χ2n) is 2.72. The van der Waals surface area contributed by atoms with E-state index in [0.29, 0.717) is 12.6 Å². The van der Waals surface area contributed by atoms with Gasteiger partial charge in [0, 0.05) is 6.20 Å². The summed E-state index contributed by atoms with van der Waals surface area (Å²) in [7, 11) is 0. The Morgan fingerprint density at radius 3 is 2.88 bits per heavy atom. The van der Waals surface area contributed by atoms with Crippen molar-refractivity contribution in [3.05, 3.63) is 21.2 Å². The lowest BCUT2D eigenvalue weighted by Gasteiger charge is -2.03. The molecule has 8 heteroatoms. The molecule has 0 aliphatic rings.